The first-order valence-electron chi connectivity index (χ1n) is 9.17. The molecule has 29 heavy (non-hydrogen) atoms. The van der Waals surface area contributed by atoms with Crippen molar-refractivity contribution in [2.75, 3.05) is 20.2 Å². The average molecular weight is 418 g/mol. The summed E-state index contributed by atoms with van der Waals surface area (Å²) < 4.78 is 5.28. The Morgan fingerprint density at radius 2 is 1.72 bits per heavy atom. The average Bonchev–Trinajstić information content (AvgIpc) is 2.96. The minimum atomic E-state index is -0.329. The third kappa shape index (κ3) is 4.75. The Balaban J connectivity index is 0.00000300. The van der Waals surface area contributed by atoms with Crippen molar-refractivity contribution in [3.05, 3.63) is 64.7 Å². The lowest BCUT2D eigenvalue weighted by Crippen LogP contribution is -2.29. The number of hydrogen-bond donors (Lipinski definition) is 2. The first-order chi connectivity index (χ1) is 13.6. The van der Waals surface area contributed by atoms with E-state index >= 15 is 0 Å². The molecule has 1 aliphatic rings. The molecular formula is C21H24ClN3O4. The molecule has 0 aliphatic carbocycles. The third-order valence-corrected chi connectivity index (χ3v) is 4.64. The van der Waals surface area contributed by atoms with Crippen molar-refractivity contribution in [1.82, 2.24) is 10.2 Å². The lowest BCUT2D eigenvalue weighted by atomic mass is 10.1. The summed E-state index contributed by atoms with van der Waals surface area (Å²) in [6.07, 6.45) is 1.62. The van der Waals surface area contributed by atoms with Crippen LogP contribution in [0, 0.1) is 0 Å². The zero-order chi connectivity index (χ0) is 20.1. The fourth-order valence-electron chi connectivity index (χ4n) is 3.16. The Kier molecular flexibility index (Phi) is 7.75. The zero-order valence-corrected chi connectivity index (χ0v) is 17.0. The number of benzene rings is 2. The first kappa shape index (κ1) is 22.4. The minimum absolute atomic E-state index is 0. The van der Waals surface area contributed by atoms with Crippen molar-refractivity contribution in [2.24, 2.45) is 5.73 Å². The standard InChI is InChI=1S/C21H23N3O4.ClH/c1-28-18-9-8-14(12-17(18)19(25)23-11-5-4-10-22)13-24-20(26)15-6-2-3-7-16(15)21(24)27;/h2-3,6-9,12H,4-5,10-11,13,22H2,1H3,(H,23,25);1H. The Bertz CT molecular complexity index is 882. The highest BCUT2D eigenvalue weighted by Crippen LogP contribution is 2.26. The van der Waals surface area contributed by atoms with Crippen LogP contribution < -0.4 is 15.8 Å². The number of unbranched alkanes of at least 4 members (excludes halogenated alkanes) is 1. The molecule has 7 nitrogen and oxygen atoms in total. The SMILES string of the molecule is COc1ccc(CN2C(=O)c3ccccc3C2=O)cc1C(=O)NCCCCN.Cl. The molecule has 2 aromatic carbocycles. The van der Waals surface area contributed by atoms with E-state index in [9.17, 15) is 14.4 Å². The molecule has 3 rings (SSSR count). The Hall–Kier alpha value is -2.90. The number of halogens is 1. The van der Waals surface area contributed by atoms with Crippen LogP contribution in [0.2, 0.25) is 0 Å². The van der Waals surface area contributed by atoms with Gasteiger partial charge in [-0.05, 0) is 49.2 Å². The van der Waals surface area contributed by atoms with Crippen LogP contribution in [-0.2, 0) is 6.54 Å². The number of ether oxygens (including phenoxy) is 1. The van der Waals surface area contributed by atoms with Crippen LogP contribution in [0.5, 0.6) is 5.75 Å². The summed E-state index contributed by atoms with van der Waals surface area (Å²) in [4.78, 5) is 38.8. The molecule has 3 N–H and O–H groups in total. The predicted octanol–water partition coefficient (Wildman–Crippen LogP) is 2.38. The molecule has 2 aromatic rings. The molecule has 8 heteroatoms. The van der Waals surface area contributed by atoms with E-state index in [0.29, 0.717) is 41.1 Å². The van der Waals surface area contributed by atoms with Crippen LogP contribution in [0.15, 0.2) is 42.5 Å². The summed E-state index contributed by atoms with van der Waals surface area (Å²) in [6, 6.07) is 11.8. The molecule has 0 unspecified atom stereocenters. The van der Waals surface area contributed by atoms with E-state index in [4.69, 9.17) is 10.5 Å². The van der Waals surface area contributed by atoms with Crippen molar-refractivity contribution >= 4 is 30.1 Å². The van der Waals surface area contributed by atoms with Crippen molar-refractivity contribution in [3.8, 4) is 5.75 Å². The molecular weight excluding hydrogens is 394 g/mol. The van der Waals surface area contributed by atoms with E-state index in [0.717, 1.165) is 12.8 Å². The molecule has 1 aliphatic heterocycles. The molecule has 0 saturated carbocycles. The molecule has 154 valence electrons. The quantitative estimate of drug-likeness (QED) is 0.507. The van der Waals surface area contributed by atoms with Crippen molar-refractivity contribution < 1.29 is 19.1 Å². The van der Waals surface area contributed by atoms with Crippen molar-refractivity contribution in [2.45, 2.75) is 19.4 Å². The van der Waals surface area contributed by atoms with Gasteiger partial charge in [0.1, 0.15) is 5.75 Å². The molecule has 3 amide bonds. The Morgan fingerprint density at radius 3 is 2.31 bits per heavy atom. The molecule has 0 spiro atoms. The zero-order valence-electron chi connectivity index (χ0n) is 16.1. The first-order valence-corrected chi connectivity index (χ1v) is 9.17. The maximum atomic E-state index is 12.5. The smallest absolute Gasteiger partial charge is 0.261 e. The van der Waals surface area contributed by atoms with Gasteiger partial charge in [-0.25, -0.2) is 0 Å². The van der Waals surface area contributed by atoms with Gasteiger partial charge in [-0.15, -0.1) is 12.4 Å². The highest BCUT2D eigenvalue weighted by atomic mass is 35.5. The van der Waals surface area contributed by atoms with Gasteiger partial charge < -0.3 is 15.8 Å². The largest absolute Gasteiger partial charge is 0.496 e. The van der Waals surface area contributed by atoms with Gasteiger partial charge in [0.05, 0.1) is 30.3 Å². The van der Waals surface area contributed by atoms with Crippen molar-refractivity contribution in [1.29, 1.82) is 0 Å². The number of nitrogens with zero attached hydrogens (tertiary/aromatic N) is 1. The van der Waals surface area contributed by atoms with E-state index in [1.54, 1.807) is 42.5 Å². The number of nitrogens with one attached hydrogen (secondary N) is 1. The molecule has 0 saturated heterocycles. The number of carbonyl (C=O) groups is 3. The Labute approximate surface area is 175 Å². The van der Waals surface area contributed by atoms with Gasteiger partial charge in [0.25, 0.3) is 17.7 Å². The number of carbonyl (C=O) groups excluding carboxylic acids is 3. The van der Waals surface area contributed by atoms with E-state index in [1.807, 2.05) is 0 Å². The lowest BCUT2D eigenvalue weighted by molar-refractivity contribution is 0.0642. The molecule has 0 bridgehead atoms. The maximum Gasteiger partial charge on any atom is 0.261 e. The van der Waals surface area contributed by atoms with Gasteiger partial charge in [-0.1, -0.05) is 18.2 Å². The fourth-order valence-corrected chi connectivity index (χ4v) is 3.16. The van der Waals surface area contributed by atoms with Gasteiger partial charge >= 0.3 is 0 Å². The topological polar surface area (TPSA) is 102 Å². The van der Waals surface area contributed by atoms with E-state index in [2.05, 4.69) is 5.32 Å². The van der Waals surface area contributed by atoms with Gasteiger partial charge in [-0.2, -0.15) is 0 Å². The van der Waals surface area contributed by atoms with E-state index in [1.165, 1.54) is 12.0 Å². The summed E-state index contributed by atoms with van der Waals surface area (Å²) >= 11 is 0. The number of nitrogens with two attached hydrogens (primary N) is 1. The maximum absolute atomic E-state index is 12.5. The van der Waals surface area contributed by atoms with Gasteiger partial charge in [-0.3, -0.25) is 19.3 Å². The second-order valence-corrected chi connectivity index (χ2v) is 6.53. The number of imide groups is 1. The van der Waals surface area contributed by atoms with Crippen LogP contribution in [0.3, 0.4) is 0 Å². The summed E-state index contributed by atoms with van der Waals surface area (Å²) in [5.74, 6) is -0.492. The van der Waals surface area contributed by atoms with Crippen LogP contribution >= 0.6 is 12.4 Å². The molecule has 0 aromatic heterocycles. The second-order valence-electron chi connectivity index (χ2n) is 6.53. The monoisotopic (exact) mass is 417 g/mol. The second kappa shape index (κ2) is 10.0. The molecule has 0 fully saturated rings. The molecule has 0 radical (unpaired) electrons. The van der Waals surface area contributed by atoms with Gasteiger partial charge in [0.2, 0.25) is 0 Å². The summed E-state index contributed by atoms with van der Waals surface area (Å²) in [6.45, 7) is 1.18. The lowest BCUT2D eigenvalue weighted by Gasteiger charge is -2.16. The molecule has 1 heterocycles. The Morgan fingerprint density at radius 1 is 1.07 bits per heavy atom. The minimum Gasteiger partial charge on any atom is -0.496 e. The highest BCUT2D eigenvalue weighted by Gasteiger charge is 2.35. The van der Waals surface area contributed by atoms with Gasteiger partial charge in [0, 0.05) is 6.54 Å². The van der Waals surface area contributed by atoms with E-state index in [-0.39, 0.29) is 36.7 Å². The van der Waals surface area contributed by atoms with Crippen LogP contribution in [0.25, 0.3) is 0 Å². The van der Waals surface area contributed by atoms with Gasteiger partial charge in [0.15, 0.2) is 0 Å². The number of rotatable bonds is 8. The fraction of sp³-hybridized carbons (Fsp3) is 0.286. The van der Waals surface area contributed by atoms with Crippen LogP contribution in [-0.4, -0.2) is 42.8 Å². The summed E-state index contributed by atoms with van der Waals surface area (Å²) in [5.41, 5.74) is 7.30. The third-order valence-electron chi connectivity index (χ3n) is 4.64. The van der Waals surface area contributed by atoms with Crippen LogP contribution in [0.4, 0.5) is 0 Å². The number of amides is 3. The number of hydrogen-bond acceptors (Lipinski definition) is 5. The number of fused-ring (bicyclic) bond motifs is 1. The van der Waals surface area contributed by atoms with Crippen LogP contribution in [0.1, 0.15) is 49.5 Å². The number of methoxy groups -OCH3 is 1. The van der Waals surface area contributed by atoms with E-state index < -0.39 is 0 Å². The highest BCUT2D eigenvalue weighted by molar-refractivity contribution is 6.21. The summed E-state index contributed by atoms with van der Waals surface area (Å²) in [7, 11) is 1.49. The molecule has 0 atom stereocenters. The normalized spacial score (nSPS) is 12.4. The summed E-state index contributed by atoms with van der Waals surface area (Å²) in [5, 5.41) is 2.84. The van der Waals surface area contributed by atoms with Crippen molar-refractivity contribution in [3.63, 3.8) is 0 Å². The predicted molar refractivity (Wildman–Crippen MR) is 112 cm³/mol.